The standard InChI is InChI=1S/C36H34N2O6S/c39-45(40,32-21-20-30-18-10-11-19-31(30)22-32)38-37-36-35(43-25-29-16-8-3-9-17-29)34(42-24-28-14-6-2-7-15-28)33(44-36)26-41-23-27-12-4-1-5-13-27/h1-22,33-35,38H,23-26H2/b37-36-/t33-,34-,35+/m1/s1. The molecule has 1 heterocycles. The summed E-state index contributed by atoms with van der Waals surface area (Å²) in [5.41, 5.74) is 2.94. The minimum Gasteiger partial charge on any atom is -0.469 e. The van der Waals surface area contributed by atoms with Crippen LogP contribution in [0.15, 0.2) is 143 Å². The van der Waals surface area contributed by atoms with E-state index in [0.717, 1.165) is 27.5 Å². The van der Waals surface area contributed by atoms with Gasteiger partial charge in [0.1, 0.15) is 6.10 Å². The SMILES string of the molecule is O=S(=O)(N/N=C1\O[C@H](COCc2ccccc2)[C@@H](OCc2ccccc2)[C@@H]1OCc1ccccc1)c1ccc2ccccc2c1. The summed E-state index contributed by atoms with van der Waals surface area (Å²) in [6, 6.07) is 41.8. The van der Waals surface area contributed by atoms with Crippen LogP contribution in [0.1, 0.15) is 16.7 Å². The fourth-order valence-corrected chi connectivity index (χ4v) is 5.94. The number of ether oxygens (including phenoxy) is 4. The van der Waals surface area contributed by atoms with Crippen LogP contribution in [0.3, 0.4) is 0 Å². The normalized spacial score (nSPS) is 19.0. The molecule has 1 saturated heterocycles. The number of sulfonamides is 1. The van der Waals surface area contributed by atoms with Gasteiger partial charge in [-0.25, -0.2) is 0 Å². The Morgan fingerprint density at radius 1 is 0.644 bits per heavy atom. The first kappa shape index (κ1) is 30.5. The highest BCUT2D eigenvalue weighted by atomic mass is 32.2. The third kappa shape index (κ3) is 7.95. The number of hydrazone groups is 1. The summed E-state index contributed by atoms with van der Waals surface area (Å²) in [5, 5.41) is 6.01. The molecule has 1 N–H and O–H groups in total. The summed E-state index contributed by atoms with van der Waals surface area (Å²) in [5.74, 6) is 0.0710. The zero-order chi connectivity index (χ0) is 30.9. The maximum atomic E-state index is 13.4. The second-order valence-electron chi connectivity index (χ2n) is 10.7. The van der Waals surface area contributed by atoms with Crippen molar-refractivity contribution in [3.63, 3.8) is 0 Å². The van der Waals surface area contributed by atoms with E-state index in [1.54, 1.807) is 18.2 Å². The number of hydrogen-bond acceptors (Lipinski definition) is 7. The molecule has 0 radical (unpaired) electrons. The quantitative estimate of drug-likeness (QED) is 0.157. The predicted molar refractivity (Wildman–Crippen MR) is 173 cm³/mol. The van der Waals surface area contributed by atoms with Crippen LogP contribution in [0.2, 0.25) is 0 Å². The molecular weight excluding hydrogens is 588 g/mol. The summed E-state index contributed by atoms with van der Waals surface area (Å²) >= 11 is 0. The smallest absolute Gasteiger partial charge is 0.276 e. The zero-order valence-electron chi connectivity index (χ0n) is 24.6. The van der Waals surface area contributed by atoms with Crippen LogP contribution in [0.4, 0.5) is 0 Å². The van der Waals surface area contributed by atoms with E-state index in [4.69, 9.17) is 18.9 Å². The van der Waals surface area contributed by atoms with Gasteiger partial charge in [-0.2, -0.15) is 13.2 Å². The first-order valence-corrected chi connectivity index (χ1v) is 16.2. The van der Waals surface area contributed by atoms with Crippen LogP contribution in [0.5, 0.6) is 0 Å². The van der Waals surface area contributed by atoms with Gasteiger partial charge in [-0.3, -0.25) is 0 Å². The van der Waals surface area contributed by atoms with Crippen LogP contribution in [0, 0.1) is 0 Å². The number of hydrogen-bond donors (Lipinski definition) is 1. The van der Waals surface area contributed by atoms with E-state index in [1.807, 2.05) is 115 Å². The van der Waals surface area contributed by atoms with Gasteiger partial charge in [0.05, 0.1) is 31.3 Å². The summed E-state index contributed by atoms with van der Waals surface area (Å²) in [7, 11) is -4.02. The fourth-order valence-electron chi connectivity index (χ4n) is 5.09. The Hall–Kier alpha value is -4.54. The molecule has 0 aliphatic carbocycles. The average molecular weight is 623 g/mol. The van der Waals surface area contributed by atoms with Gasteiger partial charge in [0.15, 0.2) is 12.2 Å². The van der Waals surface area contributed by atoms with Gasteiger partial charge in [-0.15, -0.1) is 5.10 Å². The van der Waals surface area contributed by atoms with Crippen molar-refractivity contribution in [3.8, 4) is 0 Å². The highest BCUT2D eigenvalue weighted by Gasteiger charge is 2.45. The van der Waals surface area contributed by atoms with Crippen molar-refractivity contribution < 1.29 is 27.4 Å². The van der Waals surface area contributed by atoms with E-state index >= 15 is 0 Å². The largest absolute Gasteiger partial charge is 0.469 e. The van der Waals surface area contributed by atoms with Crippen LogP contribution in [-0.2, 0) is 48.8 Å². The van der Waals surface area contributed by atoms with E-state index in [-0.39, 0.29) is 24.0 Å². The lowest BCUT2D eigenvalue weighted by Gasteiger charge is -2.22. The molecule has 0 aromatic heterocycles. The van der Waals surface area contributed by atoms with Crippen LogP contribution >= 0.6 is 0 Å². The minimum atomic E-state index is -4.02. The average Bonchev–Trinajstić information content (AvgIpc) is 3.42. The molecule has 45 heavy (non-hydrogen) atoms. The number of fused-ring (bicyclic) bond motifs is 1. The van der Waals surface area contributed by atoms with Crippen molar-refractivity contribution in [3.05, 3.63) is 150 Å². The van der Waals surface area contributed by atoms with Crippen LogP contribution in [-0.4, -0.2) is 39.2 Å². The van der Waals surface area contributed by atoms with Crippen molar-refractivity contribution in [2.24, 2.45) is 5.10 Å². The lowest BCUT2D eigenvalue weighted by Crippen LogP contribution is -2.38. The molecule has 9 heteroatoms. The van der Waals surface area contributed by atoms with Crippen LogP contribution in [0.25, 0.3) is 10.8 Å². The van der Waals surface area contributed by atoms with Gasteiger partial charge in [0.2, 0.25) is 5.90 Å². The summed E-state index contributed by atoms with van der Waals surface area (Å²) in [6.07, 6.45) is -2.05. The number of nitrogens with zero attached hydrogens (tertiary/aromatic N) is 1. The molecule has 230 valence electrons. The lowest BCUT2D eigenvalue weighted by molar-refractivity contribution is -0.0894. The number of benzene rings is 5. The third-order valence-corrected chi connectivity index (χ3v) is 8.65. The van der Waals surface area contributed by atoms with Gasteiger partial charge in [-0.1, -0.05) is 121 Å². The van der Waals surface area contributed by atoms with Gasteiger partial charge in [-0.05, 0) is 39.6 Å². The van der Waals surface area contributed by atoms with E-state index in [2.05, 4.69) is 9.93 Å². The molecule has 5 aromatic carbocycles. The van der Waals surface area contributed by atoms with Crippen molar-refractivity contribution >= 4 is 26.7 Å². The molecule has 5 aromatic rings. The Balaban J connectivity index is 1.26. The van der Waals surface area contributed by atoms with Crippen LogP contribution < -0.4 is 4.83 Å². The molecule has 0 bridgehead atoms. The Morgan fingerprint density at radius 3 is 1.84 bits per heavy atom. The Labute approximate surface area is 263 Å². The number of rotatable bonds is 13. The van der Waals surface area contributed by atoms with Gasteiger partial charge >= 0.3 is 0 Å². The molecule has 0 unspecified atom stereocenters. The second kappa shape index (κ2) is 14.5. The van der Waals surface area contributed by atoms with E-state index in [9.17, 15) is 8.42 Å². The predicted octanol–water partition coefficient (Wildman–Crippen LogP) is 6.22. The molecule has 1 fully saturated rings. The van der Waals surface area contributed by atoms with Gasteiger partial charge < -0.3 is 18.9 Å². The zero-order valence-corrected chi connectivity index (χ0v) is 25.4. The van der Waals surface area contributed by atoms with Crippen molar-refractivity contribution in [2.45, 2.75) is 43.0 Å². The first-order chi connectivity index (χ1) is 22.0. The van der Waals surface area contributed by atoms with E-state index in [0.29, 0.717) is 13.2 Å². The summed E-state index contributed by atoms with van der Waals surface area (Å²) in [4.78, 5) is 2.45. The van der Waals surface area contributed by atoms with Gasteiger partial charge in [0, 0.05) is 0 Å². The highest BCUT2D eigenvalue weighted by molar-refractivity contribution is 7.89. The molecular formula is C36H34N2O6S. The molecule has 3 atom stereocenters. The minimum absolute atomic E-state index is 0.0710. The summed E-state index contributed by atoms with van der Waals surface area (Å²) in [6.45, 7) is 1.10. The Bertz CT molecular complexity index is 1820. The first-order valence-electron chi connectivity index (χ1n) is 14.7. The number of nitrogens with one attached hydrogen (secondary N) is 1. The van der Waals surface area contributed by atoms with E-state index in [1.165, 1.54) is 0 Å². The fraction of sp³-hybridized carbons (Fsp3) is 0.194. The van der Waals surface area contributed by atoms with Crippen molar-refractivity contribution in [2.75, 3.05) is 6.61 Å². The topological polar surface area (TPSA) is 95.5 Å². The highest BCUT2D eigenvalue weighted by Crippen LogP contribution is 2.27. The molecule has 1 aliphatic rings. The molecule has 1 aliphatic heterocycles. The molecule has 8 nitrogen and oxygen atoms in total. The van der Waals surface area contributed by atoms with E-state index < -0.39 is 28.3 Å². The second-order valence-corrected chi connectivity index (χ2v) is 12.4. The maximum absolute atomic E-state index is 13.4. The molecule has 0 amide bonds. The molecule has 0 saturated carbocycles. The van der Waals surface area contributed by atoms with Gasteiger partial charge in [0.25, 0.3) is 10.0 Å². The Morgan fingerprint density at radius 2 is 1.20 bits per heavy atom. The third-order valence-electron chi connectivity index (χ3n) is 7.44. The molecule has 0 spiro atoms. The maximum Gasteiger partial charge on any atom is 0.276 e. The molecule has 6 rings (SSSR count). The Kier molecular flexibility index (Phi) is 9.82. The lowest BCUT2D eigenvalue weighted by atomic mass is 10.1. The van der Waals surface area contributed by atoms with Crippen molar-refractivity contribution in [1.82, 2.24) is 4.83 Å². The monoisotopic (exact) mass is 622 g/mol. The summed E-state index contributed by atoms with van der Waals surface area (Å²) < 4.78 is 51.8. The van der Waals surface area contributed by atoms with Crippen molar-refractivity contribution in [1.29, 1.82) is 0 Å².